The largest absolute Gasteiger partial charge is 0.365 e. The number of hydrogen-bond donors (Lipinski definition) is 1. The highest BCUT2D eigenvalue weighted by Crippen LogP contribution is 2.53. The summed E-state index contributed by atoms with van der Waals surface area (Å²) >= 11 is 5.00. The summed E-state index contributed by atoms with van der Waals surface area (Å²) in [6, 6.07) is 8.93. The lowest BCUT2D eigenvalue weighted by Crippen LogP contribution is -2.58. The van der Waals surface area contributed by atoms with E-state index in [0.717, 1.165) is 88.8 Å². The Bertz CT molecular complexity index is 1880. The molecule has 0 bridgehead atoms. The Balaban J connectivity index is 1.33. The van der Waals surface area contributed by atoms with E-state index in [1.54, 1.807) is 4.68 Å². The zero-order valence-corrected chi connectivity index (χ0v) is 24.1. The molecule has 3 aliphatic rings. The van der Waals surface area contributed by atoms with Crippen LogP contribution in [-0.2, 0) is 31.0 Å². The third kappa shape index (κ3) is 3.51. The van der Waals surface area contributed by atoms with Crippen LogP contribution in [0.4, 0.5) is 0 Å². The van der Waals surface area contributed by atoms with Crippen LogP contribution < -0.4 is 0 Å². The molecule has 2 fully saturated rings. The highest BCUT2D eigenvalue weighted by molar-refractivity contribution is 7.78. The molecule has 0 atom stereocenters. The van der Waals surface area contributed by atoms with E-state index in [9.17, 15) is 5.26 Å². The van der Waals surface area contributed by atoms with Crippen molar-refractivity contribution in [3.63, 3.8) is 0 Å². The van der Waals surface area contributed by atoms with Gasteiger partial charge in [-0.2, -0.15) is 10.4 Å². The molecule has 6 heterocycles. The SMILES string of the molecule is Cn1cc(-c2c(-c3ccc4c(cnn4C)c3)c3c4c(cnc3n2S)COC42CCN(C3(CC#N)CCC3)CC2)nn1. The number of aryl methyl sites for hydroxylation is 2. The maximum absolute atomic E-state index is 9.55. The topological polar surface area (TPSA) is 103 Å². The van der Waals surface area contributed by atoms with E-state index in [0.29, 0.717) is 13.0 Å². The van der Waals surface area contributed by atoms with Gasteiger partial charge in [0.1, 0.15) is 5.69 Å². The molecule has 8 rings (SSSR count). The third-order valence-corrected chi connectivity index (χ3v) is 10.2. The number of nitriles is 1. The van der Waals surface area contributed by atoms with Crippen LogP contribution in [0.1, 0.15) is 49.7 Å². The summed E-state index contributed by atoms with van der Waals surface area (Å²) in [6.07, 6.45) is 11.6. The van der Waals surface area contributed by atoms with Crippen molar-refractivity contribution in [2.24, 2.45) is 14.1 Å². The van der Waals surface area contributed by atoms with E-state index in [1.165, 1.54) is 12.0 Å². The molecular weight excluding hydrogens is 534 g/mol. The van der Waals surface area contributed by atoms with Gasteiger partial charge in [-0.05, 0) is 49.8 Å². The van der Waals surface area contributed by atoms with E-state index < -0.39 is 5.60 Å². The Morgan fingerprint density at radius 2 is 1.95 bits per heavy atom. The second-order valence-corrected chi connectivity index (χ2v) is 12.3. The summed E-state index contributed by atoms with van der Waals surface area (Å²) in [5.74, 6) is 0. The fourth-order valence-electron chi connectivity index (χ4n) is 7.55. The van der Waals surface area contributed by atoms with Gasteiger partial charge in [0, 0.05) is 66.4 Å². The average molecular weight is 566 g/mol. The first kappa shape index (κ1) is 25.0. The van der Waals surface area contributed by atoms with Crippen LogP contribution in [-0.4, -0.2) is 57.3 Å². The number of pyridine rings is 1. The van der Waals surface area contributed by atoms with Crippen LogP contribution in [0.5, 0.6) is 0 Å². The second kappa shape index (κ2) is 8.89. The van der Waals surface area contributed by atoms with Gasteiger partial charge in [0.15, 0.2) is 5.65 Å². The van der Waals surface area contributed by atoms with Gasteiger partial charge < -0.3 is 4.74 Å². The van der Waals surface area contributed by atoms with Crippen LogP contribution >= 0.6 is 12.8 Å². The Labute approximate surface area is 243 Å². The minimum Gasteiger partial charge on any atom is -0.365 e. The smallest absolute Gasteiger partial charge is 0.151 e. The predicted octanol–water partition coefficient (Wildman–Crippen LogP) is 4.74. The first-order chi connectivity index (χ1) is 19.9. The zero-order valence-electron chi connectivity index (χ0n) is 23.2. The molecule has 1 saturated carbocycles. The minimum atomic E-state index is -0.410. The number of ether oxygens (including phenoxy) is 1. The number of rotatable bonds is 4. The van der Waals surface area contributed by atoms with E-state index in [2.05, 4.69) is 44.6 Å². The van der Waals surface area contributed by atoms with E-state index in [1.807, 2.05) is 41.3 Å². The molecule has 1 aromatic carbocycles. The van der Waals surface area contributed by atoms with E-state index in [4.69, 9.17) is 22.5 Å². The van der Waals surface area contributed by atoms with Crippen LogP contribution in [0.15, 0.2) is 36.8 Å². The van der Waals surface area contributed by atoms with Crippen LogP contribution in [0.2, 0.25) is 0 Å². The van der Waals surface area contributed by atoms with Crippen molar-refractivity contribution in [1.29, 1.82) is 5.26 Å². The summed E-state index contributed by atoms with van der Waals surface area (Å²) in [4.78, 5) is 7.49. The number of hydrogen-bond acceptors (Lipinski definition) is 8. The Kier molecular flexibility index (Phi) is 5.43. The van der Waals surface area contributed by atoms with Crippen molar-refractivity contribution in [3.8, 4) is 28.6 Å². The van der Waals surface area contributed by atoms with Crippen LogP contribution in [0, 0.1) is 11.3 Å². The lowest BCUT2D eigenvalue weighted by Gasteiger charge is -2.53. The van der Waals surface area contributed by atoms with Crippen LogP contribution in [0.3, 0.4) is 0 Å². The van der Waals surface area contributed by atoms with Gasteiger partial charge in [-0.15, -0.1) is 5.10 Å². The lowest BCUT2D eigenvalue weighted by molar-refractivity contribution is -0.106. The number of fused-ring (bicyclic) bond motifs is 5. The normalized spacial score (nSPS) is 19.6. The Morgan fingerprint density at radius 3 is 2.66 bits per heavy atom. The maximum Gasteiger partial charge on any atom is 0.151 e. The molecule has 0 amide bonds. The Hall–Kier alpha value is -3.72. The monoisotopic (exact) mass is 565 g/mol. The Morgan fingerprint density at radius 1 is 1.12 bits per heavy atom. The highest BCUT2D eigenvalue weighted by Gasteiger charge is 2.50. The van der Waals surface area contributed by atoms with Crippen LogP contribution in [0.25, 0.3) is 44.5 Å². The van der Waals surface area contributed by atoms with Crippen molar-refractivity contribution in [1.82, 2.24) is 38.6 Å². The number of piperidine rings is 1. The quantitative estimate of drug-likeness (QED) is 0.314. The molecule has 5 aromatic rings. The van der Waals surface area contributed by atoms with E-state index >= 15 is 0 Å². The molecular formula is C30H31N9OS. The fourth-order valence-corrected chi connectivity index (χ4v) is 7.91. The van der Waals surface area contributed by atoms with Gasteiger partial charge in [-0.1, -0.05) is 24.1 Å². The molecule has 0 N–H and O–H groups in total. The van der Waals surface area contributed by atoms with Gasteiger partial charge >= 0.3 is 0 Å². The van der Waals surface area contributed by atoms with Gasteiger partial charge in [-0.25, -0.2) is 4.98 Å². The first-order valence-corrected chi connectivity index (χ1v) is 14.6. The molecule has 4 aromatic heterocycles. The molecule has 2 aliphatic heterocycles. The molecule has 1 aliphatic carbocycles. The highest BCUT2D eigenvalue weighted by atomic mass is 32.1. The molecule has 0 unspecified atom stereocenters. The number of likely N-dealkylation sites (tertiary alicyclic amines) is 1. The molecule has 0 radical (unpaired) electrons. The number of nitrogens with zero attached hydrogens (tertiary/aromatic N) is 9. The summed E-state index contributed by atoms with van der Waals surface area (Å²) in [5.41, 5.74) is 7.56. The molecule has 1 saturated heterocycles. The summed E-state index contributed by atoms with van der Waals surface area (Å²) in [5, 5.41) is 24.9. The number of benzene rings is 1. The summed E-state index contributed by atoms with van der Waals surface area (Å²) in [7, 11) is 3.83. The standard InChI is InChI=1S/C30H31N9OS/c1-36-17-22(34-35-36)27-24(19-4-5-23-20(14-19)16-33-37(23)2)25-26-21(15-32-28(25)39(27)41)18-40-30(26)9-12-38(13-10-30)29(8-11-31)6-3-7-29/h4-5,14-17,41H,3,6-10,12-13,18H2,1-2H3. The van der Waals surface area contributed by atoms with Crippen molar-refractivity contribution < 1.29 is 4.74 Å². The molecule has 11 heteroatoms. The number of thiol groups is 1. The molecule has 1 spiro atoms. The van der Waals surface area contributed by atoms with Crippen molar-refractivity contribution in [2.75, 3.05) is 13.1 Å². The minimum absolute atomic E-state index is 0.0449. The first-order valence-electron chi connectivity index (χ1n) is 14.2. The van der Waals surface area contributed by atoms with E-state index in [-0.39, 0.29) is 5.54 Å². The fraction of sp³-hybridized carbons (Fsp3) is 0.433. The second-order valence-electron chi connectivity index (χ2n) is 11.9. The molecule has 208 valence electrons. The predicted molar refractivity (Wildman–Crippen MR) is 158 cm³/mol. The van der Waals surface area contributed by atoms with Gasteiger partial charge in [-0.3, -0.25) is 18.2 Å². The summed E-state index contributed by atoms with van der Waals surface area (Å²) < 4.78 is 12.2. The average Bonchev–Trinajstić information content (AvgIpc) is 3.71. The molecule has 41 heavy (non-hydrogen) atoms. The van der Waals surface area contributed by atoms with Gasteiger partial charge in [0.05, 0.1) is 48.3 Å². The van der Waals surface area contributed by atoms with Crippen molar-refractivity contribution in [3.05, 3.63) is 47.9 Å². The van der Waals surface area contributed by atoms with Gasteiger partial charge in [0.2, 0.25) is 0 Å². The van der Waals surface area contributed by atoms with Gasteiger partial charge in [0.25, 0.3) is 0 Å². The lowest BCUT2D eigenvalue weighted by atomic mass is 9.71. The maximum atomic E-state index is 9.55. The van der Waals surface area contributed by atoms with Crippen molar-refractivity contribution in [2.45, 2.75) is 56.3 Å². The zero-order chi connectivity index (χ0) is 27.9. The molecule has 10 nitrogen and oxygen atoms in total. The number of aromatic nitrogens is 7. The third-order valence-electron chi connectivity index (χ3n) is 9.81. The van der Waals surface area contributed by atoms with Crippen molar-refractivity contribution >= 4 is 34.8 Å². The summed E-state index contributed by atoms with van der Waals surface area (Å²) in [6.45, 7) is 2.38.